The van der Waals surface area contributed by atoms with E-state index in [1.165, 1.54) is 11.8 Å². The Balaban J connectivity index is 1.83. The fourth-order valence-corrected chi connectivity index (χ4v) is 3.22. The van der Waals surface area contributed by atoms with Crippen LogP contribution in [-0.4, -0.2) is 74.3 Å². The van der Waals surface area contributed by atoms with Crippen molar-refractivity contribution >= 4 is 38.9 Å². The summed E-state index contributed by atoms with van der Waals surface area (Å²) >= 11 is 6.01. The first kappa shape index (κ1) is 19.7. The minimum absolute atomic E-state index is 0.183. The van der Waals surface area contributed by atoms with Gasteiger partial charge in [0.05, 0.1) is 17.3 Å². The first-order valence-electron chi connectivity index (χ1n) is 7.93. The molecule has 9 heteroatoms. The highest BCUT2D eigenvalue weighted by Gasteiger charge is 2.30. The highest BCUT2D eigenvalue weighted by molar-refractivity contribution is 7.92. The summed E-state index contributed by atoms with van der Waals surface area (Å²) in [6, 6.07) is 6.99. The quantitative estimate of drug-likeness (QED) is 0.809. The minimum Gasteiger partial charge on any atom is -0.339 e. The molecule has 1 aromatic carbocycles. The first-order valence-corrected chi connectivity index (χ1v) is 10.3. The van der Waals surface area contributed by atoms with Crippen molar-refractivity contribution in [2.45, 2.75) is 12.2 Å². The van der Waals surface area contributed by atoms with Gasteiger partial charge in [0.25, 0.3) is 0 Å². The van der Waals surface area contributed by atoms with Crippen molar-refractivity contribution in [2.24, 2.45) is 0 Å². The van der Waals surface area contributed by atoms with E-state index in [9.17, 15) is 18.0 Å². The summed E-state index contributed by atoms with van der Waals surface area (Å²) in [5, 5.41) is 2.19. The van der Waals surface area contributed by atoms with Gasteiger partial charge >= 0.3 is 0 Å². The molecule has 138 valence electrons. The summed E-state index contributed by atoms with van der Waals surface area (Å²) in [7, 11) is -3.40. The molecule has 1 aromatic rings. The topological polar surface area (TPSA) is 86.8 Å². The zero-order valence-electron chi connectivity index (χ0n) is 14.2. The Morgan fingerprint density at radius 2 is 1.80 bits per heavy atom. The van der Waals surface area contributed by atoms with Gasteiger partial charge in [-0.3, -0.25) is 14.5 Å². The summed E-state index contributed by atoms with van der Waals surface area (Å²) in [5.41, 5.74) is 0.560. The molecule has 2 rings (SSSR count). The van der Waals surface area contributed by atoms with Gasteiger partial charge in [0, 0.05) is 32.4 Å². The number of carbonyl (C=O) groups excluding carboxylic acids is 2. The van der Waals surface area contributed by atoms with Crippen molar-refractivity contribution in [3.63, 3.8) is 0 Å². The lowest BCUT2D eigenvalue weighted by atomic mass is 10.2. The molecule has 25 heavy (non-hydrogen) atoms. The molecule has 7 nitrogen and oxygen atoms in total. The molecule has 1 aliphatic rings. The number of sulfone groups is 1. The number of nitrogens with one attached hydrogen (secondary N) is 1. The molecule has 1 saturated heterocycles. The van der Waals surface area contributed by atoms with Crippen molar-refractivity contribution in [3.05, 3.63) is 29.3 Å². The number of rotatable bonds is 5. The summed E-state index contributed by atoms with van der Waals surface area (Å²) in [4.78, 5) is 27.8. The molecule has 0 saturated carbocycles. The predicted octanol–water partition coefficient (Wildman–Crippen LogP) is 0.856. The Kier molecular flexibility index (Phi) is 6.42. The van der Waals surface area contributed by atoms with Gasteiger partial charge in [-0.15, -0.1) is 0 Å². The standard InChI is InChI=1S/C16H22ClN3O4S/c1-12(25(2,23)24)16(22)20-9-7-19(8-10-20)11-15(21)18-14-6-4-3-5-13(14)17/h3-6,12H,7-11H2,1-2H3,(H,18,21). The number of carbonyl (C=O) groups is 2. The largest absolute Gasteiger partial charge is 0.339 e. The van der Waals surface area contributed by atoms with E-state index in [0.29, 0.717) is 36.9 Å². The molecular weight excluding hydrogens is 366 g/mol. The van der Waals surface area contributed by atoms with Gasteiger partial charge in [0.1, 0.15) is 5.25 Å². The Morgan fingerprint density at radius 3 is 2.36 bits per heavy atom. The van der Waals surface area contributed by atoms with Crippen molar-refractivity contribution in [1.29, 1.82) is 0 Å². The summed E-state index contributed by atoms with van der Waals surface area (Å²) in [5.74, 6) is -0.569. The van der Waals surface area contributed by atoms with E-state index in [0.717, 1.165) is 6.26 Å². The fourth-order valence-electron chi connectivity index (χ4n) is 2.52. The van der Waals surface area contributed by atoms with Crippen LogP contribution in [-0.2, 0) is 19.4 Å². The molecular formula is C16H22ClN3O4S. The lowest BCUT2D eigenvalue weighted by Gasteiger charge is -2.35. The van der Waals surface area contributed by atoms with Gasteiger partial charge in [-0.25, -0.2) is 8.42 Å². The summed E-state index contributed by atoms with van der Waals surface area (Å²) in [6.45, 7) is 3.42. The zero-order chi connectivity index (χ0) is 18.6. The molecule has 2 amide bonds. The van der Waals surface area contributed by atoms with Gasteiger partial charge in [-0.1, -0.05) is 23.7 Å². The van der Waals surface area contributed by atoms with E-state index in [-0.39, 0.29) is 18.4 Å². The minimum atomic E-state index is -3.40. The van der Waals surface area contributed by atoms with Crippen LogP contribution in [0.2, 0.25) is 5.02 Å². The Hall–Kier alpha value is -1.64. The number of nitrogens with zero attached hydrogens (tertiary/aromatic N) is 2. The van der Waals surface area contributed by atoms with Gasteiger partial charge in [-0.05, 0) is 19.1 Å². The second-order valence-corrected chi connectivity index (χ2v) is 8.87. The van der Waals surface area contributed by atoms with E-state index < -0.39 is 15.1 Å². The van der Waals surface area contributed by atoms with E-state index in [2.05, 4.69) is 5.32 Å². The van der Waals surface area contributed by atoms with Crippen LogP contribution >= 0.6 is 11.6 Å². The number of halogens is 1. The molecule has 1 heterocycles. The van der Waals surface area contributed by atoms with Crippen LogP contribution in [0.5, 0.6) is 0 Å². The van der Waals surface area contributed by atoms with Crippen LogP contribution in [0.4, 0.5) is 5.69 Å². The van der Waals surface area contributed by atoms with Crippen LogP contribution in [0, 0.1) is 0 Å². The van der Waals surface area contributed by atoms with Gasteiger partial charge in [0.2, 0.25) is 11.8 Å². The number of hydrogen-bond donors (Lipinski definition) is 1. The molecule has 0 spiro atoms. The van der Waals surface area contributed by atoms with Crippen molar-refractivity contribution in [2.75, 3.05) is 44.3 Å². The maximum absolute atomic E-state index is 12.2. The van der Waals surface area contributed by atoms with Crippen LogP contribution in [0.25, 0.3) is 0 Å². The number of amides is 2. The SMILES string of the molecule is CC(C(=O)N1CCN(CC(=O)Nc2ccccc2Cl)CC1)S(C)(=O)=O. The van der Waals surface area contributed by atoms with Crippen LogP contribution < -0.4 is 5.32 Å². The Labute approximate surface area is 152 Å². The second-order valence-electron chi connectivity index (χ2n) is 6.10. The fraction of sp³-hybridized carbons (Fsp3) is 0.500. The van der Waals surface area contributed by atoms with E-state index in [4.69, 9.17) is 11.6 Å². The van der Waals surface area contributed by atoms with E-state index in [1.807, 2.05) is 4.90 Å². The molecule has 1 atom stereocenters. The Bertz CT molecular complexity index is 746. The lowest BCUT2D eigenvalue weighted by molar-refractivity contribution is -0.132. The third-order valence-corrected chi connectivity index (χ3v) is 6.00. The normalized spacial score (nSPS) is 17.2. The third-order valence-electron chi connectivity index (χ3n) is 4.19. The van der Waals surface area contributed by atoms with Gasteiger partial charge in [-0.2, -0.15) is 0 Å². The van der Waals surface area contributed by atoms with Crippen molar-refractivity contribution in [1.82, 2.24) is 9.80 Å². The number of piperazine rings is 1. The molecule has 0 aromatic heterocycles. The molecule has 0 aliphatic carbocycles. The molecule has 1 N–H and O–H groups in total. The van der Waals surface area contributed by atoms with Crippen molar-refractivity contribution < 1.29 is 18.0 Å². The van der Waals surface area contributed by atoms with Crippen LogP contribution in [0.15, 0.2) is 24.3 Å². The molecule has 0 radical (unpaired) electrons. The van der Waals surface area contributed by atoms with Crippen molar-refractivity contribution in [3.8, 4) is 0 Å². The monoisotopic (exact) mass is 387 g/mol. The number of para-hydroxylation sites is 1. The lowest BCUT2D eigenvalue weighted by Crippen LogP contribution is -2.53. The van der Waals surface area contributed by atoms with Crippen LogP contribution in [0.1, 0.15) is 6.92 Å². The molecule has 1 fully saturated rings. The maximum atomic E-state index is 12.2. The van der Waals surface area contributed by atoms with Crippen LogP contribution in [0.3, 0.4) is 0 Å². The summed E-state index contributed by atoms with van der Waals surface area (Å²) in [6.07, 6.45) is 1.06. The number of anilines is 1. The Morgan fingerprint density at radius 1 is 1.20 bits per heavy atom. The van der Waals surface area contributed by atoms with E-state index in [1.54, 1.807) is 24.3 Å². The summed E-state index contributed by atoms with van der Waals surface area (Å²) < 4.78 is 23.0. The highest BCUT2D eigenvalue weighted by atomic mass is 35.5. The number of benzene rings is 1. The smallest absolute Gasteiger partial charge is 0.240 e. The molecule has 1 aliphatic heterocycles. The predicted molar refractivity (Wildman–Crippen MR) is 97.4 cm³/mol. The second kappa shape index (κ2) is 8.16. The maximum Gasteiger partial charge on any atom is 0.240 e. The first-order chi connectivity index (χ1) is 11.7. The third kappa shape index (κ3) is 5.42. The number of hydrogen-bond acceptors (Lipinski definition) is 5. The average molecular weight is 388 g/mol. The van der Waals surface area contributed by atoms with Gasteiger partial charge in [0.15, 0.2) is 9.84 Å². The van der Waals surface area contributed by atoms with E-state index >= 15 is 0 Å². The highest BCUT2D eigenvalue weighted by Crippen LogP contribution is 2.20. The molecule has 1 unspecified atom stereocenters. The zero-order valence-corrected chi connectivity index (χ0v) is 15.8. The van der Waals surface area contributed by atoms with Gasteiger partial charge < -0.3 is 10.2 Å². The molecule has 0 bridgehead atoms. The average Bonchev–Trinajstić information content (AvgIpc) is 2.55.